The van der Waals surface area contributed by atoms with Crippen LogP contribution in [0.5, 0.6) is 0 Å². The standard InChI is InChI=1S/C12H24O2S/c1-3-5-6-7-8-9-10-12(15,4-2)11(13)14/h15H,3-10H2,1-2H3,(H,13,14). The first-order valence-electron chi connectivity index (χ1n) is 6.02. The first-order valence-corrected chi connectivity index (χ1v) is 6.47. The van der Waals surface area contributed by atoms with E-state index >= 15 is 0 Å². The predicted octanol–water partition coefficient (Wildman–Crippen LogP) is 3.90. The van der Waals surface area contributed by atoms with Crippen LogP contribution in [0.4, 0.5) is 0 Å². The Morgan fingerprint density at radius 1 is 1.13 bits per heavy atom. The molecule has 3 heteroatoms. The van der Waals surface area contributed by atoms with E-state index in [0.29, 0.717) is 12.8 Å². The van der Waals surface area contributed by atoms with Crippen LogP contribution in [-0.4, -0.2) is 15.8 Å². The fourth-order valence-electron chi connectivity index (χ4n) is 1.63. The summed E-state index contributed by atoms with van der Waals surface area (Å²) in [6, 6.07) is 0. The Hall–Kier alpha value is -0.180. The van der Waals surface area contributed by atoms with E-state index in [-0.39, 0.29) is 0 Å². The monoisotopic (exact) mass is 232 g/mol. The van der Waals surface area contributed by atoms with Gasteiger partial charge in [0.2, 0.25) is 0 Å². The molecule has 1 unspecified atom stereocenters. The quantitative estimate of drug-likeness (QED) is 0.467. The molecule has 15 heavy (non-hydrogen) atoms. The fraction of sp³-hybridized carbons (Fsp3) is 0.917. The zero-order chi connectivity index (χ0) is 11.7. The van der Waals surface area contributed by atoms with E-state index in [1.807, 2.05) is 6.92 Å². The minimum Gasteiger partial charge on any atom is -0.480 e. The van der Waals surface area contributed by atoms with Gasteiger partial charge in [0.25, 0.3) is 0 Å². The highest BCUT2D eigenvalue weighted by molar-refractivity contribution is 7.82. The number of aliphatic carboxylic acids is 1. The molecule has 0 heterocycles. The molecule has 0 fully saturated rings. The van der Waals surface area contributed by atoms with Crippen molar-refractivity contribution in [3.8, 4) is 0 Å². The second-order valence-electron chi connectivity index (χ2n) is 4.21. The summed E-state index contributed by atoms with van der Waals surface area (Å²) in [5, 5.41) is 9.00. The maximum Gasteiger partial charge on any atom is 0.319 e. The molecular formula is C12H24O2S. The molecule has 90 valence electrons. The Kier molecular flexibility index (Phi) is 7.93. The van der Waals surface area contributed by atoms with Crippen LogP contribution in [0.1, 0.15) is 65.2 Å². The third-order valence-electron chi connectivity index (χ3n) is 2.93. The van der Waals surface area contributed by atoms with Crippen molar-refractivity contribution < 1.29 is 9.90 Å². The predicted molar refractivity (Wildman–Crippen MR) is 67.6 cm³/mol. The van der Waals surface area contributed by atoms with Gasteiger partial charge in [-0.1, -0.05) is 52.4 Å². The van der Waals surface area contributed by atoms with Crippen LogP contribution in [-0.2, 0) is 4.79 Å². The normalized spacial score (nSPS) is 14.9. The van der Waals surface area contributed by atoms with Gasteiger partial charge in [0.05, 0.1) is 0 Å². The molecular weight excluding hydrogens is 208 g/mol. The molecule has 0 amide bonds. The highest BCUT2D eigenvalue weighted by Crippen LogP contribution is 2.26. The number of rotatable bonds is 9. The maximum absolute atomic E-state index is 10.9. The smallest absolute Gasteiger partial charge is 0.319 e. The van der Waals surface area contributed by atoms with Crippen molar-refractivity contribution in [3.05, 3.63) is 0 Å². The lowest BCUT2D eigenvalue weighted by Crippen LogP contribution is -2.31. The van der Waals surface area contributed by atoms with Crippen molar-refractivity contribution >= 4 is 18.6 Å². The first kappa shape index (κ1) is 14.8. The second-order valence-corrected chi connectivity index (χ2v) is 5.06. The summed E-state index contributed by atoms with van der Waals surface area (Å²) in [5.41, 5.74) is 0. The van der Waals surface area contributed by atoms with Crippen LogP contribution in [0.3, 0.4) is 0 Å². The number of carbonyl (C=O) groups is 1. The molecule has 0 saturated heterocycles. The zero-order valence-electron chi connectivity index (χ0n) is 9.96. The van der Waals surface area contributed by atoms with Crippen LogP contribution in [0.15, 0.2) is 0 Å². The van der Waals surface area contributed by atoms with E-state index in [2.05, 4.69) is 19.6 Å². The van der Waals surface area contributed by atoms with Gasteiger partial charge in [0.1, 0.15) is 4.75 Å². The van der Waals surface area contributed by atoms with Crippen LogP contribution in [0.25, 0.3) is 0 Å². The van der Waals surface area contributed by atoms with E-state index in [1.165, 1.54) is 25.7 Å². The molecule has 0 aromatic carbocycles. The van der Waals surface area contributed by atoms with Crippen LogP contribution >= 0.6 is 12.6 Å². The van der Waals surface area contributed by atoms with Crippen molar-refractivity contribution in [2.75, 3.05) is 0 Å². The van der Waals surface area contributed by atoms with Gasteiger partial charge in [-0.3, -0.25) is 4.79 Å². The molecule has 0 bridgehead atoms. The highest BCUT2D eigenvalue weighted by atomic mass is 32.1. The average Bonchev–Trinajstić information content (AvgIpc) is 2.22. The van der Waals surface area contributed by atoms with Crippen molar-refractivity contribution in [1.82, 2.24) is 0 Å². The number of thiol groups is 1. The summed E-state index contributed by atoms with van der Waals surface area (Å²) >= 11 is 4.26. The molecule has 2 nitrogen and oxygen atoms in total. The summed E-state index contributed by atoms with van der Waals surface area (Å²) in [6.45, 7) is 4.08. The third-order valence-corrected chi connectivity index (χ3v) is 3.66. The first-order chi connectivity index (χ1) is 7.06. The van der Waals surface area contributed by atoms with E-state index in [4.69, 9.17) is 5.11 Å². The summed E-state index contributed by atoms with van der Waals surface area (Å²) in [5.74, 6) is -0.776. The Labute approximate surface area is 98.9 Å². The fourth-order valence-corrected chi connectivity index (χ4v) is 1.79. The number of carboxylic acids is 1. The molecule has 0 aliphatic carbocycles. The zero-order valence-corrected chi connectivity index (χ0v) is 10.9. The molecule has 1 N–H and O–H groups in total. The largest absolute Gasteiger partial charge is 0.480 e. The Morgan fingerprint density at radius 2 is 1.67 bits per heavy atom. The minimum atomic E-state index is -0.801. The van der Waals surface area contributed by atoms with Crippen molar-refractivity contribution in [2.45, 2.75) is 70.0 Å². The van der Waals surface area contributed by atoms with Gasteiger partial charge in [0.15, 0.2) is 0 Å². The van der Waals surface area contributed by atoms with Crippen LogP contribution < -0.4 is 0 Å². The van der Waals surface area contributed by atoms with E-state index in [0.717, 1.165) is 12.8 Å². The minimum absolute atomic E-state index is 0.598. The molecule has 0 saturated carbocycles. The molecule has 0 aromatic rings. The number of carboxylic acid groups (broad SMARTS) is 1. The van der Waals surface area contributed by atoms with E-state index < -0.39 is 10.7 Å². The van der Waals surface area contributed by atoms with Gasteiger partial charge in [0, 0.05) is 0 Å². The maximum atomic E-state index is 10.9. The van der Waals surface area contributed by atoms with Gasteiger partial charge in [-0.25, -0.2) is 0 Å². The molecule has 0 rings (SSSR count). The van der Waals surface area contributed by atoms with Gasteiger partial charge < -0.3 is 5.11 Å². The second kappa shape index (κ2) is 8.03. The lowest BCUT2D eigenvalue weighted by atomic mass is 9.97. The van der Waals surface area contributed by atoms with Gasteiger partial charge in [-0.15, -0.1) is 0 Å². The van der Waals surface area contributed by atoms with E-state index in [1.54, 1.807) is 0 Å². The number of unbranched alkanes of at least 4 members (excludes halogenated alkanes) is 5. The van der Waals surface area contributed by atoms with E-state index in [9.17, 15) is 4.79 Å². The molecule has 0 spiro atoms. The summed E-state index contributed by atoms with van der Waals surface area (Å²) in [7, 11) is 0. The van der Waals surface area contributed by atoms with Crippen molar-refractivity contribution in [2.24, 2.45) is 0 Å². The highest BCUT2D eigenvalue weighted by Gasteiger charge is 2.31. The lowest BCUT2D eigenvalue weighted by Gasteiger charge is -2.21. The molecule has 0 aliphatic rings. The summed E-state index contributed by atoms with van der Waals surface area (Å²) in [6.07, 6.45) is 8.44. The van der Waals surface area contributed by atoms with Crippen LogP contribution in [0.2, 0.25) is 0 Å². The summed E-state index contributed by atoms with van der Waals surface area (Å²) < 4.78 is -0.801. The SMILES string of the molecule is CCCCCCCCC(S)(CC)C(=O)O. The third kappa shape index (κ3) is 6.08. The molecule has 0 radical (unpaired) electrons. The Bertz CT molecular complexity index is 182. The van der Waals surface area contributed by atoms with Gasteiger partial charge in [-0.05, 0) is 12.8 Å². The molecule has 1 atom stereocenters. The Morgan fingerprint density at radius 3 is 2.13 bits per heavy atom. The van der Waals surface area contributed by atoms with Gasteiger partial charge >= 0.3 is 5.97 Å². The van der Waals surface area contributed by atoms with Crippen molar-refractivity contribution in [1.29, 1.82) is 0 Å². The number of hydrogen-bond acceptors (Lipinski definition) is 2. The summed E-state index contributed by atoms with van der Waals surface area (Å²) in [4.78, 5) is 10.9. The molecule has 0 aromatic heterocycles. The average molecular weight is 232 g/mol. The molecule has 0 aliphatic heterocycles. The van der Waals surface area contributed by atoms with Crippen molar-refractivity contribution in [3.63, 3.8) is 0 Å². The van der Waals surface area contributed by atoms with Gasteiger partial charge in [-0.2, -0.15) is 12.6 Å². The topological polar surface area (TPSA) is 37.3 Å². The number of hydrogen-bond donors (Lipinski definition) is 2. The van der Waals surface area contributed by atoms with Crippen LogP contribution in [0, 0.1) is 0 Å². The lowest BCUT2D eigenvalue weighted by molar-refractivity contribution is -0.140. The Balaban J connectivity index is 3.60.